The molecule has 1 saturated carbocycles. The highest BCUT2D eigenvalue weighted by atomic mass is 16.6. The number of hydrogen-bond acceptors (Lipinski definition) is 5. The van der Waals surface area contributed by atoms with Gasteiger partial charge in [-0.05, 0) is 31.2 Å². The molecule has 21 heavy (non-hydrogen) atoms. The zero-order chi connectivity index (χ0) is 15.4. The van der Waals surface area contributed by atoms with Gasteiger partial charge in [-0.3, -0.25) is 20.2 Å². The molecule has 0 radical (unpaired) electrons. The maximum Gasteiger partial charge on any atom is 0.325 e. The van der Waals surface area contributed by atoms with E-state index in [1.807, 2.05) is 0 Å². The van der Waals surface area contributed by atoms with Crippen LogP contribution in [0.5, 0.6) is 0 Å². The average molecular weight is 294 g/mol. The highest BCUT2D eigenvalue weighted by Crippen LogP contribution is 2.23. The first-order chi connectivity index (χ1) is 9.97. The Kier molecular flexibility index (Phi) is 4.87. The first-order valence-corrected chi connectivity index (χ1v) is 6.88. The molecular weight excluding hydrogens is 276 g/mol. The first-order valence-electron chi connectivity index (χ1n) is 6.88. The Morgan fingerprint density at radius 1 is 1.24 bits per heavy atom. The molecule has 7 heteroatoms. The highest BCUT2D eigenvalue weighted by molar-refractivity contribution is 5.75. The monoisotopic (exact) mass is 294 g/mol. The molecule has 0 bridgehead atoms. The molecule has 1 aliphatic rings. The van der Waals surface area contributed by atoms with Crippen LogP contribution in [-0.4, -0.2) is 33.3 Å². The maximum atomic E-state index is 11.4. The number of carbonyl (C=O) groups is 1. The number of nitro groups is 1. The fourth-order valence-electron chi connectivity index (χ4n) is 2.58. The van der Waals surface area contributed by atoms with Crippen LogP contribution in [0, 0.1) is 10.1 Å². The summed E-state index contributed by atoms with van der Waals surface area (Å²) in [7, 11) is 0. The van der Waals surface area contributed by atoms with Gasteiger partial charge >= 0.3 is 5.97 Å². The Labute approximate surface area is 121 Å². The lowest BCUT2D eigenvalue weighted by atomic mass is 9.92. The zero-order valence-corrected chi connectivity index (χ0v) is 11.4. The van der Waals surface area contributed by atoms with Gasteiger partial charge in [0.25, 0.3) is 5.69 Å². The summed E-state index contributed by atoms with van der Waals surface area (Å²) in [5, 5.41) is 32.5. The minimum Gasteiger partial charge on any atom is -0.480 e. The van der Waals surface area contributed by atoms with Crippen LogP contribution in [0.15, 0.2) is 24.3 Å². The van der Waals surface area contributed by atoms with Crippen molar-refractivity contribution in [3.63, 3.8) is 0 Å². The van der Waals surface area contributed by atoms with Crippen LogP contribution in [0.4, 0.5) is 5.69 Å². The van der Waals surface area contributed by atoms with E-state index >= 15 is 0 Å². The third-order valence-electron chi connectivity index (χ3n) is 3.78. The van der Waals surface area contributed by atoms with Gasteiger partial charge in [0.05, 0.1) is 11.0 Å². The second-order valence-electron chi connectivity index (χ2n) is 5.29. The van der Waals surface area contributed by atoms with Crippen molar-refractivity contribution >= 4 is 11.7 Å². The van der Waals surface area contributed by atoms with Gasteiger partial charge in [0.1, 0.15) is 6.04 Å². The molecule has 1 atom stereocenters. The Morgan fingerprint density at radius 2 is 1.81 bits per heavy atom. The lowest BCUT2D eigenvalue weighted by Crippen LogP contribution is -2.40. The van der Waals surface area contributed by atoms with Crippen molar-refractivity contribution in [2.75, 3.05) is 0 Å². The smallest absolute Gasteiger partial charge is 0.325 e. The molecular formula is C14H18N2O5. The van der Waals surface area contributed by atoms with Gasteiger partial charge in [0, 0.05) is 18.2 Å². The van der Waals surface area contributed by atoms with Gasteiger partial charge in [0.2, 0.25) is 0 Å². The molecule has 0 spiro atoms. The third kappa shape index (κ3) is 3.99. The first kappa shape index (κ1) is 15.4. The maximum absolute atomic E-state index is 11.4. The predicted octanol–water partition coefficient (Wildman–Crippen LogP) is 1.61. The van der Waals surface area contributed by atoms with Crippen LogP contribution in [0.25, 0.3) is 0 Å². The normalized spacial score (nSPS) is 23.5. The van der Waals surface area contributed by atoms with E-state index in [1.165, 1.54) is 24.3 Å². The number of aliphatic hydroxyl groups is 1. The van der Waals surface area contributed by atoms with E-state index in [4.69, 9.17) is 0 Å². The van der Waals surface area contributed by atoms with Gasteiger partial charge in [-0.25, -0.2) is 0 Å². The molecule has 1 aromatic rings. The summed E-state index contributed by atoms with van der Waals surface area (Å²) < 4.78 is 0. The van der Waals surface area contributed by atoms with Crippen LogP contribution >= 0.6 is 0 Å². The number of non-ortho nitro benzene ring substituents is 1. The molecule has 7 nitrogen and oxygen atoms in total. The van der Waals surface area contributed by atoms with Crippen molar-refractivity contribution in [3.05, 3.63) is 39.9 Å². The summed E-state index contributed by atoms with van der Waals surface area (Å²) in [4.78, 5) is 21.5. The number of carboxylic acid groups (broad SMARTS) is 1. The second kappa shape index (κ2) is 6.64. The van der Waals surface area contributed by atoms with Gasteiger partial charge in [-0.1, -0.05) is 12.1 Å². The summed E-state index contributed by atoms with van der Waals surface area (Å²) in [5.41, 5.74) is 0.419. The van der Waals surface area contributed by atoms with Gasteiger partial charge < -0.3 is 10.2 Å². The van der Waals surface area contributed by atoms with Crippen molar-refractivity contribution < 1.29 is 19.9 Å². The van der Waals surface area contributed by atoms with Gasteiger partial charge in [0.15, 0.2) is 0 Å². The molecule has 1 fully saturated rings. The van der Waals surface area contributed by atoms with E-state index < -0.39 is 16.9 Å². The van der Waals surface area contributed by atoms with Crippen molar-refractivity contribution in [2.24, 2.45) is 0 Å². The van der Waals surface area contributed by atoms with Crippen LogP contribution in [0.2, 0.25) is 0 Å². The molecule has 0 heterocycles. The average Bonchev–Trinajstić information content (AvgIpc) is 2.46. The van der Waals surface area contributed by atoms with Crippen LogP contribution in [0.1, 0.15) is 37.3 Å². The number of nitro benzene ring substituents is 1. The predicted molar refractivity (Wildman–Crippen MR) is 74.9 cm³/mol. The molecule has 1 aromatic carbocycles. The molecule has 3 N–H and O–H groups in total. The largest absolute Gasteiger partial charge is 0.480 e. The fraction of sp³-hybridized carbons (Fsp3) is 0.500. The van der Waals surface area contributed by atoms with Crippen molar-refractivity contribution in [3.8, 4) is 0 Å². The summed E-state index contributed by atoms with van der Waals surface area (Å²) in [5.74, 6) is -1.02. The molecule has 0 amide bonds. The quantitative estimate of drug-likeness (QED) is 0.561. The van der Waals surface area contributed by atoms with Crippen LogP contribution < -0.4 is 5.32 Å². The van der Waals surface area contributed by atoms with Gasteiger partial charge in [-0.2, -0.15) is 0 Å². The summed E-state index contributed by atoms with van der Waals surface area (Å²) in [6, 6.07) is 4.66. The number of rotatable bonds is 5. The number of benzene rings is 1. The van der Waals surface area contributed by atoms with Crippen LogP contribution in [0.3, 0.4) is 0 Å². The molecule has 114 valence electrons. The number of hydrogen-bond donors (Lipinski definition) is 3. The third-order valence-corrected chi connectivity index (χ3v) is 3.78. The topological polar surface area (TPSA) is 113 Å². The van der Waals surface area contributed by atoms with Crippen LogP contribution in [-0.2, 0) is 4.79 Å². The number of carboxylic acids is 1. The van der Waals surface area contributed by atoms with Crippen molar-refractivity contribution in [1.82, 2.24) is 5.32 Å². The summed E-state index contributed by atoms with van der Waals surface area (Å²) in [6.07, 6.45) is 2.45. The molecule has 0 aromatic heterocycles. The Hall–Kier alpha value is -1.99. The molecule has 2 rings (SSSR count). The Bertz CT molecular complexity index is 509. The van der Waals surface area contributed by atoms with E-state index in [0.717, 1.165) is 12.8 Å². The lowest BCUT2D eigenvalue weighted by molar-refractivity contribution is -0.384. The SMILES string of the molecule is O=C(O)C(NC1CCC(O)CC1)c1ccc([N+](=O)[O-])cc1. The molecule has 1 unspecified atom stereocenters. The molecule has 1 aliphatic carbocycles. The zero-order valence-electron chi connectivity index (χ0n) is 11.4. The number of nitrogens with zero attached hydrogens (tertiary/aromatic N) is 1. The molecule has 0 aliphatic heterocycles. The van der Waals surface area contributed by atoms with E-state index in [0.29, 0.717) is 18.4 Å². The number of aliphatic hydroxyl groups excluding tert-OH is 1. The summed E-state index contributed by atoms with van der Waals surface area (Å²) >= 11 is 0. The second-order valence-corrected chi connectivity index (χ2v) is 5.29. The highest BCUT2D eigenvalue weighted by Gasteiger charge is 2.26. The number of nitrogens with one attached hydrogen (secondary N) is 1. The van der Waals surface area contributed by atoms with E-state index in [2.05, 4.69) is 5.32 Å². The standard InChI is InChI=1S/C14H18N2O5/c17-12-7-3-10(4-8-12)15-13(14(18)19)9-1-5-11(6-2-9)16(20)21/h1-2,5-6,10,12-13,15,17H,3-4,7-8H2,(H,18,19). The van der Waals surface area contributed by atoms with E-state index in [9.17, 15) is 25.1 Å². The van der Waals surface area contributed by atoms with Crippen molar-refractivity contribution in [2.45, 2.75) is 43.9 Å². The van der Waals surface area contributed by atoms with E-state index in [1.54, 1.807) is 0 Å². The Balaban J connectivity index is 2.08. The lowest BCUT2D eigenvalue weighted by Gasteiger charge is -2.29. The minimum absolute atomic E-state index is 0.0321. The Morgan fingerprint density at radius 3 is 2.29 bits per heavy atom. The summed E-state index contributed by atoms with van der Waals surface area (Å²) in [6.45, 7) is 0. The van der Waals surface area contributed by atoms with E-state index in [-0.39, 0.29) is 17.8 Å². The molecule has 0 saturated heterocycles. The minimum atomic E-state index is -1.02. The fourth-order valence-corrected chi connectivity index (χ4v) is 2.58. The van der Waals surface area contributed by atoms with Crippen molar-refractivity contribution in [1.29, 1.82) is 0 Å². The number of aliphatic carboxylic acids is 1. The van der Waals surface area contributed by atoms with Gasteiger partial charge in [-0.15, -0.1) is 0 Å².